The number of nitrogens with two attached hydrogens (primary N) is 1. The molecule has 4 fully saturated rings. The maximum Gasteiger partial charge on any atom is 0.0431 e. The molecular weight excluding hydrogens is 466 g/mol. The molecule has 3 unspecified atom stereocenters. The summed E-state index contributed by atoms with van der Waals surface area (Å²) in [5.74, 6) is 5.45. The predicted molar refractivity (Wildman–Crippen MR) is 153 cm³/mol. The van der Waals surface area contributed by atoms with E-state index in [1.807, 2.05) is 4.42 Å². The Labute approximate surface area is 228 Å². The first kappa shape index (κ1) is 29.1. The van der Waals surface area contributed by atoms with Crippen LogP contribution < -0.4 is 11.1 Å². The topological polar surface area (TPSA) is 61.5 Å². The molecule has 0 aromatic rings. The second-order valence-corrected chi connectivity index (χ2v) is 14.4. The van der Waals surface area contributed by atoms with Gasteiger partial charge in [0.15, 0.2) is 0 Å². The summed E-state index contributed by atoms with van der Waals surface area (Å²) in [5.41, 5.74) is 6.71. The van der Waals surface area contributed by atoms with Gasteiger partial charge in [0.25, 0.3) is 0 Å². The monoisotopic (exact) mass is 523 g/mol. The molecule has 5 heteroatoms. The Hall–Kier alpha value is 0.130. The number of hydrogen-bond donors (Lipinski definition) is 3. The van der Waals surface area contributed by atoms with Crippen molar-refractivity contribution in [2.45, 2.75) is 117 Å². The summed E-state index contributed by atoms with van der Waals surface area (Å²) in [5, 5.41) is 13.3. The van der Waals surface area contributed by atoms with Crippen LogP contribution in [0.5, 0.6) is 0 Å². The van der Waals surface area contributed by atoms with E-state index in [1.165, 1.54) is 64.2 Å². The molecule has 0 aliphatic heterocycles. The molecule has 0 radical (unpaired) electrons. The van der Waals surface area contributed by atoms with Crippen LogP contribution in [0.1, 0.15) is 111 Å². The van der Waals surface area contributed by atoms with Crippen LogP contribution >= 0.6 is 11.8 Å². The number of aliphatic hydroxyl groups excluding tert-OH is 1. The molecule has 0 aromatic carbocycles. The number of rotatable bonds is 13. The first-order valence-electron chi connectivity index (χ1n) is 15.8. The lowest BCUT2D eigenvalue weighted by Gasteiger charge is -2.61. The molecule has 4 nitrogen and oxygen atoms in total. The molecule has 4 aliphatic rings. The third-order valence-corrected chi connectivity index (χ3v) is 12.4. The molecule has 0 bridgehead atoms. The van der Waals surface area contributed by atoms with Crippen molar-refractivity contribution in [2.24, 2.45) is 52.1 Å². The minimum atomic E-state index is 0.359. The highest BCUT2D eigenvalue weighted by molar-refractivity contribution is 6.13. The van der Waals surface area contributed by atoms with Crippen LogP contribution in [0.3, 0.4) is 0 Å². The second-order valence-electron chi connectivity index (χ2n) is 13.9. The summed E-state index contributed by atoms with van der Waals surface area (Å²) >= 11 is 6.36. The van der Waals surface area contributed by atoms with Crippen LogP contribution in [0.15, 0.2) is 0 Å². The van der Waals surface area contributed by atoms with E-state index in [0.29, 0.717) is 23.5 Å². The number of halogens is 1. The zero-order valence-corrected chi connectivity index (χ0v) is 24.6. The van der Waals surface area contributed by atoms with Crippen molar-refractivity contribution in [1.82, 2.24) is 9.74 Å². The van der Waals surface area contributed by atoms with Gasteiger partial charge in [-0.05, 0) is 161 Å². The zero-order chi connectivity index (χ0) is 25.8. The zero-order valence-electron chi connectivity index (χ0n) is 23.8. The van der Waals surface area contributed by atoms with E-state index in [9.17, 15) is 5.11 Å². The summed E-state index contributed by atoms with van der Waals surface area (Å²) in [4.78, 5) is 0. The van der Waals surface area contributed by atoms with Crippen molar-refractivity contribution in [1.29, 1.82) is 0 Å². The lowest BCUT2D eigenvalue weighted by molar-refractivity contribution is -0.118. The Morgan fingerprint density at radius 1 is 0.944 bits per heavy atom. The molecule has 0 saturated heterocycles. The smallest absolute Gasteiger partial charge is 0.0431 e. The fourth-order valence-electron chi connectivity index (χ4n) is 10.1. The van der Waals surface area contributed by atoms with Crippen molar-refractivity contribution in [3.8, 4) is 0 Å². The molecule has 4 aliphatic carbocycles. The van der Waals surface area contributed by atoms with Gasteiger partial charge >= 0.3 is 0 Å². The number of nitrogens with one attached hydrogen (secondary N) is 1. The van der Waals surface area contributed by atoms with E-state index in [-0.39, 0.29) is 0 Å². The van der Waals surface area contributed by atoms with Crippen LogP contribution in [-0.2, 0) is 0 Å². The molecule has 210 valence electrons. The van der Waals surface area contributed by atoms with Gasteiger partial charge in [-0.1, -0.05) is 20.8 Å². The second kappa shape index (κ2) is 13.0. The minimum Gasteiger partial charge on any atom is -0.396 e. The molecule has 36 heavy (non-hydrogen) atoms. The summed E-state index contributed by atoms with van der Waals surface area (Å²) in [6, 6.07) is 0.706. The summed E-state index contributed by atoms with van der Waals surface area (Å²) < 4.78 is 1.95. The van der Waals surface area contributed by atoms with Gasteiger partial charge in [-0.15, -0.1) is 0 Å². The number of hydrogen-bond acceptors (Lipinski definition) is 4. The Balaban J connectivity index is 1.27. The van der Waals surface area contributed by atoms with Gasteiger partial charge in [0.1, 0.15) is 0 Å². The van der Waals surface area contributed by atoms with E-state index >= 15 is 0 Å². The van der Waals surface area contributed by atoms with Gasteiger partial charge in [-0.25, -0.2) is 4.42 Å². The lowest BCUT2D eigenvalue weighted by Crippen LogP contribution is -2.55. The van der Waals surface area contributed by atoms with Crippen LogP contribution in [0.25, 0.3) is 0 Å². The molecule has 9 atom stereocenters. The number of unbranched alkanes of at least 4 members (excludes halogenated alkanes) is 1. The Kier molecular flexibility index (Phi) is 10.5. The van der Waals surface area contributed by atoms with E-state index in [0.717, 1.165) is 87.4 Å². The molecule has 0 spiro atoms. The quantitative estimate of drug-likeness (QED) is 0.188. The minimum absolute atomic E-state index is 0.359. The van der Waals surface area contributed by atoms with Gasteiger partial charge in [-0.3, -0.25) is 0 Å². The first-order valence-corrected chi connectivity index (χ1v) is 16.1. The van der Waals surface area contributed by atoms with E-state index in [2.05, 4.69) is 26.1 Å². The molecule has 4 saturated carbocycles. The standard InChI is InChI=1S/C31H58ClN3O/c1-23(8-6-21-36)27-11-12-28-26-10-9-24-22-25(34-18-7-20-35(32)19-5-4-17-33)13-15-30(24,2)29(26)14-16-31(27,28)3/h23-29,34,36H,4-22,33H2,1-3H3/t23-,24+,25+,26?,27-,28?,29?,30+,31-/m1/s1. The third kappa shape index (κ3) is 6.14. The maximum atomic E-state index is 9.37. The molecule has 4 N–H and O–H groups in total. The van der Waals surface area contributed by atoms with Gasteiger partial charge in [0.2, 0.25) is 0 Å². The van der Waals surface area contributed by atoms with E-state index in [4.69, 9.17) is 17.5 Å². The number of nitrogens with zero attached hydrogens (tertiary/aromatic N) is 1. The highest BCUT2D eigenvalue weighted by atomic mass is 35.5. The average Bonchev–Trinajstić information content (AvgIpc) is 3.22. The van der Waals surface area contributed by atoms with Gasteiger partial charge in [0.05, 0.1) is 0 Å². The van der Waals surface area contributed by atoms with E-state index < -0.39 is 0 Å². The van der Waals surface area contributed by atoms with Crippen molar-refractivity contribution in [3.05, 3.63) is 0 Å². The van der Waals surface area contributed by atoms with Gasteiger partial charge in [0, 0.05) is 25.7 Å². The first-order chi connectivity index (χ1) is 17.3. The normalized spacial score (nSPS) is 41.1. The molecular formula is C31H58ClN3O. The Morgan fingerprint density at radius 3 is 2.47 bits per heavy atom. The highest BCUT2D eigenvalue weighted by Crippen LogP contribution is 2.68. The maximum absolute atomic E-state index is 9.37. The molecule has 4 rings (SSSR count). The van der Waals surface area contributed by atoms with Crippen molar-refractivity contribution in [2.75, 3.05) is 32.8 Å². The Morgan fingerprint density at radius 2 is 1.69 bits per heavy atom. The Bertz CT molecular complexity index is 678. The summed E-state index contributed by atoms with van der Waals surface area (Å²) in [6.45, 7) is 12.0. The predicted octanol–water partition coefficient (Wildman–Crippen LogP) is 6.60. The summed E-state index contributed by atoms with van der Waals surface area (Å²) in [7, 11) is 0. The molecule has 0 aromatic heterocycles. The van der Waals surface area contributed by atoms with Crippen LogP contribution in [0.4, 0.5) is 0 Å². The molecule has 0 amide bonds. The largest absolute Gasteiger partial charge is 0.396 e. The third-order valence-electron chi connectivity index (χ3n) is 12.1. The summed E-state index contributed by atoms with van der Waals surface area (Å²) in [6.07, 6.45) is 18.5. The fraction of sp³-hybridized carbons (Fsp3) is 1.00. The van der Waals surface area contributed by atoms with E-state index in [1.54, 1.807) is 0 Å². The van der Waals surface area contributed by atoms with Gasteiger partial charge < -0.3 is 16.2 Å². The molecule has 0 heterocycles. The lowest BCUT2D eigenvalue weighted by atomic mass is 9.44. The van der Waals surface area contributed by atoms with Crippen LogP contribution in [-0.4, -0.2) is 48.4 Å². The number of aliphatic hydroxyl groups is 1. The van der Waals surface area contributed by atoms with Crippen LogP contribution in [0, 0.1) is 46.3 Å². The van der Waals surface area contributed by atoms with Crippen molar-refractivity contribution >= 4 is 11.8 Å². The van der Waals surface area contributed by atoms with Crippen LogP contribution in [0.2, 0.25) is 0 Å². The van der Waals surface area contributed by atoms with Crippen molar-refractivity contribution < 1.29 is 5.11 Å². The average molecular weight is 524 g/mol. The highest BCUT2D eigenvalue weighted by Gasteiger charge is 2.60. The number of fused-ring (bicyclic) bond motifs is 5. The fourth-order valence-corrected chi connectivity index (χ4v) is 10.4. The van der Waals surface area contributed by atoms with Crippen molar-refractivity contribution in [3.63, 3.8) is 0 Å². The van der Waals surface area contributed by atoms with Gasteiger partial charge in [-0.2, -0.15) is 0 Å². The SMILES string of the molecule is C[C@H](CCCO)[C@H]1CCC2C3CC[C@H]4C[C@@H](NCCCN(Cl)CCCCN)CC[C@]4(C)C3CC[C@@]21C.